The molecule has 260 valence electrons. The summed E-state index contributed by atoms with van der Waals surface area (Å²) in [6, 6.07) is 0. The van der Waals surface area contributed by atoms with E-state index in [2.05, 4.69) is 57.2 Å². The zero-order valence-electron chi connectivity index (χ0n) is 29.4. The molecule has 45 heavy (non-hydrogen) atoms. The van der Waals surface area contributed by atoms with E-state index < -0.39 is 6.10 Å². The van der Waals surface area contributed by atoms with Gasteiger partial charge < -0.3 is 14.2 Å². The van der Waals surface area contributed by atoms with Crippen molar-refractivity contribution >= 4 is 17.9 Å². The van der Waals surface area contributed by atoms with Crippen LogP contribution in [-0.2, 0) is 28.6 Å². The second kappa shape index (κ2) is 34.5. The number of rotatable bonds is 32. The SMILES string of the molecule is CCCCCCC=CCCCC(=O)OCC(COC(=O)CCCC=CCCCCCC)OC(=O)CCCC=CCCCCCC. The lowest BCUT2D eigenvalue weighted by molar-refractivity contribution is -0.166. The average Bonchev–Trinajstić information content (AvgIpc) is 3.03. The van der Waals surface area contributed by atoms with E-state index in [-0.39, 0.29) is 37.5 Å². The van der Waals surface area contributed by atoms with E-state index >= 15 is 0 Å². The number of carbonyl (C=O) groups excluding carboxylic acids is 3. The molecule has 0 aliphatic heterocycles. The quantitative estimate of drug-likeness (QED) is 0.0318. The van der Waals surface area contributed by atoms with Crippen LogP contribution in [0.5, 0.6) is 0 Å². The third-order valence-corrected chi connectivity index (χ3v) is 7.59. The molecule has 0 saturated heterocycles. The maximum Gasteiger partial charge on any atom is 0.306 e. The van der Waals surface area contributed by atoms with Gasteiger partial charge in [-0.05, 0) is 77.0 Å². The maximum atomic E-state index is 12.5. The molecule has 0 saturated carbocycles. The van der Waals surface area contributed by atoms with Gasteiger partial charge in [0.15, 0.2) is 6.10 Å². The van der Waals surface area contributed by atoms with Crippen LogP contribution in [0, 0.1) is 0 Å². The summed E-state index contributed by atoms with van der Waals surface area (Å²) in [4.78, 5) is 37.2. The highest BCUT2D eigenvalue weighted by Crippen LogP contribution is 2.10. The van der Waals surface area contributed by atoms with Crippen LogP contribution in [-0.4, -0.2) is 37.2 Å². The fourth-order valence-corrected chi connectivity index (χ4v) is 4.74. The third kappa shape index (κ3) is 32.8. The summed E-state index contributed by atoms with van der Waals surface area (Å²) in [5, 5.41) is 0. The van der Waals surface area contributed by atoms with Crippen molar-refractivity contribution in [1.82, 2.24) is 0 Å². The number of esters is 3. The molecule has 0 radical (unpaired) electrons. The molecule has 0 amide bonds. The Bertz CT molecular complexity index is 740. The summed E-state index contributed by atoms with van der Waals surface area (Å²) in [5.74, 6) is -1.02. The Morgan fingerprint density at radius 1 is 0.422 bits per heavy atom. The Morgan fingerprint density at radius 2 is 0.733 bits per heavy atom. The molecule has 0 aromatic carbocycles. The van der Waals surface area contributed by atoms with Crippen molar-refractivity contribution in [3.63, 3.8) is 0 Å². The number of ether oxygens (including phenoxy) is 3. The smallest absolute Gasteiger partial charge is 0.306 e. The lowest BCUT2D eigenvalue weighted by Gasteiger charge is -2.18. The zero-order chi connectivity index (χ0) is 33.1. The molecule has 0 aliphatic carbocycles. The molecule has 0 rings (SSSR count). The lowest BCUT2D eigenvalue weighted by Crippen LogP contribution is -2.30. The van der Waals surface area contributed by atoms with Gasteiger partial charge in [-0.3, -0.25) is 14.4 Å². The first-order chi connectivity index (χ1) is 22.0. The van der Waals surface area contributed by atoms with Gasteiger partial charge in [0, 0.05) is 19.3 Å². The highest BCUT2D eigenvalue weighted by molar-refractivity contribution is 5.71. The molecule has 0 N–H and O–H groups in total. The molecule has 0 aromatic rings. The van der Waals surface area contributed by atoms with Gasteiger partial charge in [-0.2, -0.15) is 0 Å². The van der Waals surface area contributed by atoms with E-state index in [1.165, 1.54) is 77.0 Å². The molecule has 0 spiro atoms. The van der Waals surface area contributed by atoms with Crippen molar-refractivity contribution < 1.29 is 28.6 Å². The predicted octanol–water partition coefficient (Wildman–Crippen LogP) is 11.1. The Morgan fingerprint density at radius 3 is 1.07 bits per heavy atom. The van der Waals surface area contributed by atoms with E-state index in [0.717, 1.165) is 38.5 Å². The van der Waals surface area contributed by atoms with Crippen molar-refractivity contribution in [2.24, 2.45) is 0 Å². The summed E-state index contributed by atoms with van der Waals surface area (Å²) in [6.07, 6.45) is 35.9. The molecule has 0 bridgehead atoms. The van der Waals surface area contributed by atoms with Gasteiger partial charge in [-0.1, -0.05) is 115 Å². The fourth-order valence-electron chi connectivity index (χ4n) is 4.74. The third-order valence-electron chi connectivity index (χ3n) is 7.59. The van der Waals surface area contributed by atoms with E-state index in [4.69, 9.17) is 14.2 Å². The zero-order valence-corrected chi connectivity index (χ0v) is 29.4. The average molecular weight is 633 g/mol. The van der Waals surface area contributed by atoms with Crippen LogP contribution in [0.25, 0.3) is 0 Å². The number of hydrogen-bond acceptors (Lipinski definition) is 6. The maximum absolute atomic E-state index is 12.5. The Balaban J connectivity index is 4.50. The molecule has 0 heterocycles. The van der Waals surface area contributed by atoms with Gasteiger partial charge in [-0.25, -0.2) is 0 Å². The minimum atomic E-state index is -0.800. The largest absolute Gasteiger partial charge is 0.462 e. The van der Waals surface area contributed by atoms with Gasteiger partial charge in [0.05, 0.1) is 0 Å². The van der Waals surface area contributed by atoms with Crippen molar-refractivity contribution in [2.75, 3.05) is 13.2 Å². The number of carbonyl (C=O) groups is 3. The number of allylic oxidation sites excluding steroid dienone is 6. The van der Waals surface area contributed by atoms with Crippen LogP contribution in [0.3, 0.4) is 0 Å². The molecule has 0 aliphatic rings. The highest BCUT2D eigenvalue weighted by atomic mass is 16.6. The Hall–Kier alpha value is -2.37. The highest BCUT2D eigenvalue weighted by Gasteiger charge is 2.19. The second-order valence-corrected chi connectivity index (χ2v) is 12.1. The molecule has 6 nitrogen and oxygen atoms in total. The normalized spacial score (nSPS) is 12.3. The first kappa shape index (κ1) is 42.6. The standard InChI is InChI=1S/C39H68O6/c1-4-7-10-13-16-19-22-25-28-31-37(40)43-34-36(45-39(42)33-30-27-24-21-18-15-12-9-6-3)35-44-38(41)32-29-26-23-20-17-14-11-8-5-2/h19-24,36H,4-18,25-35H2,1-3H3. The molecule has 0 unspecified atom stereocenters. The topological polar surface area (TPSA) is 78.9 Å². The molecule has 6 heteroatoms. The van der Waals surface area contributed by atoms with Crippen LogP contribution in [0.15, 0.2) is 36.5 Å². The van der Waals surface area contributed by atoms with Crippen molar-refractivity contribution in [3.05, 3.63) is 36.5 Å². The summed E-state index contributed by atoms with van der Waals surface area (Å²) in [5.41, 5.74) is 0. The molecule has 0 aromatic heterocycles. The Labute approximate surface area is 276 Å². The van der Waals surface area contributed by atoms with Crippen LogP contribution < -0.4 is 0 Å². The van der Waals surface area contributed by atoms with Gasteiger partial charge in [0.1, 0.15) is 13.2 Å². The minimum absolute atomic E-state index is 0.108. The summed E-state index contributed by atoms with van der Waals surface area (Å²) in [6.45, 7) is 6.41. The van der Waals surface area contributed by atoms with E-state index in [0.29, 0.717) is 32.1 Å². The summed E-state index contributed by atoms with van der Waals surface area (Å²) >= 11 is 0. The van der Waals surface area contributed by atoms with E-state index in [1.807, 2.05) is 0 Å². The molecule has 0 atom stereocenters. The van der Waals surface area contributed by atoms with Crippen molar-refractivity contribution in [1.29, 1.82) is 0 Å². The van der Waals surface area contributed by atoms with Crippen LogP contribution in [0.1, 0.15) is 175 Å². The first-order valence-corrected chi connectivity index (χ1v) is 18.5. The van der Waals surface area contributed by atoms with E-state index in [9.17, 15) is 14.4 Å². The van der Waals surface area contributed by atoms with Crippen LogP contribution in [0.2, 0.25) is 0 Å². The monoisotopic (exact) mass is 633 g/mol. The van der Waals surface area contributed by atoms with Gasteiger partial charge in [0.25, 0.3) is 0 Å². The second-order valence-electron chi connectivity index (χ2n) is 12.1. The van der Waals surface area contributed by atoms with Crippen molar-refractivity contribution in [2.45, 2.75) is 181 Å². The Kier molecular flexibility index (Phi) is 32.7. The first-order valence-electron chi connectivity index (χ1n) is 18.5. The molecular weight excluding hydrogens is 564 g/mol. The van der Waals surface area contributed by atoms with Crippen molar-refractivity contribution in [3.8, 4) is 0 Å². The van der Waals surface area contributed by atoms with E-state index in [1.54, 1.807) is 0 Å². The minimum Gasteiger partial charge on any atom is -0.462 e. The number of hydrogen-bond donors (Lipinski definition) is 0. The summed E-state index contributed by atoms with van der Waals surface area (Å²) < 4.78 is 16.4. The molecule has 0 fully saturated rings. The van der Waals surface area contributed by atoms with Gasteiger partial charge in [0.2, 0.25) is 0 Å². The summed E-state index contributed by atoms with van der Waals surface area (Å²) in [7, 11) is 0. The van der Waals surface area contributed by atoms with Crippen LogP contribution >= 0.6 is 0 Å². The predicted molar refractivity (Wildman–Crippen MR) is 187 cm³/mol. The fraction of sp³-hybridized carbons (Fsp3) is 0.769. The van der Waals surface area contributed by atoms with Gasteiger partial charge in [-0.15, -0.1) is 0 Å². The van der Waals surface area contributed by atoms with Gasteiger partial charge >= 0.3 is 17.9 Å². The van der Waals surface area contributed by atoms with Crippen LogP contribution in [0.4, 0.5) is 0 Å². The lowest BCUT2D eigenvalue weighted by atomic mass is 10.1. The molecular formula is C39H68O6. The number of unbranched alkanes of at least 4 members (excludes halogenated alkanes) is 15.